The van der Waals surface area contributed by atoms with Crippen LogP contribution in [0.5, 0.6) is 0 Å². The van der Waals surface area contributed by atoms with Crippen molar-refractivity contribution in [2.24, 2.45) is 0 Å². The molecule has 1 aliphatic rings. The topological polar surface area (TPSA) is 29.5 Å². The lowest BCUT2D eigenvalue weighted by Gasteiger charge is -2.31. The predicted molar refractivity (Wildman–Crippen MR) is 76.5 cm³/mol. The van der Waals surface area contributed by atoms with Crippen LogP contribution >= 0.6 is 0 Å². The standard InChI is InChI=1S/C16H23NO2/c1-4-17-9-5-6-14(11-17)19-16(18)15-10-12(2)7-8-13(15)3/h7-8,10,14H,4-6,9,11H2,1-3H3. The van der Waals surface area contributed by atoms with Crippen molar-refractivity contribution in [1.29, 1.82) is 0 Å². The van der Waals surface area contributed by atoms with E-state index in [2.05, 4.69) is 11.8 Å². The highest BCUT2D eigenvalue weighted by atomic mass is 16.5. The molecule has 0 amide bonds. The largest absolute Gasteiger partial charge is 0.457 e. The SMILES string of the molecule is CCN1CCCC(OC(=O)c2cc(C)ccc2C)C1. The van der Waals surface area contributed by atoms with Gasteiger partial charge in [0.05, 0.1) is 5.56 Å². The average Bonchev–Trinajstić information content (AvgIpc) is 2.41. The lowest BCUT2D eigenvalue weighted by Crippen LogP contribution is -2.40. The number of hydrogen-bond acceptors (Lipinski definition) is 3. The number of rotatable bonds is 3. The van der Waals surface area contributed by atoms with Gasteiger partial charge >= 0.3 is 5.97 Å². The van der Waals surface area contributed by atoms with Gasteiger partial charge in [-0.3, -0.25) is 4.90 Å². The average molecular weight is 261 g/mol. The molecule has 1 heterocycles. The van der Waals surface area contributed by atoms with Crippen molar-refractivity contribution in [3.05, 3.63) is 34.9 Å². The molecule has 0 aliphatic carbocycles. The summed E-state index contributed by atoms with van der Waals surface area (Å²) >= 11 is 0. The van der Waals surface area contributed by atoms with Gasteiger partial charge in [-0.25, -0.2) is 4.79 Å². The first-order chi connectivity index (χ1) is 9.10. The third-order valence-electron chi connectivity index (χ3n) is 3.80. The summed E-state index contributed by atoms with van der Waals surface area (Å²) in [5.74, 6) is -0.177. The second-order valence-electron chi connectivity index (χ2n) is 5.38. The van der Waals surface area contributed by atoms with Crippen LogP contribution in [0.15, 0.2) is 18.2 Å². The van der Waals surface area contributed by atoms with Crippen LogP contribution in [0.1, 0.15) is 41.3 Å². The molecular formula is C16H23NO2. The van der Waals surface area contributed by atoms with E-state index in [0.29, 0.717) is 5.56 Å². The molecule has 1 atom stereocenters. The number of likely N-dealkylation sites (N-methyl/N-ethyl adjacent to an activating group) is 1. The van der Waals surface area contributed by atoms with Crippen molar-refractivity contribution in [3.63, 3.8) is 0 Å². The first-order valence-electron chi connectivity index (χ1n) is 7.10. The Morgan fingerprint density at radius 2 is 2.21 bits per heavy atom. The molecule has 2 rings (SSSR count). The predicted octanol–water partition coefficient (Wildman–Crippen LogP) is 2.94. The van der Waals surface area contributed by atoms with E-state index in [1.165, 1.54) is 0 Å². The summed E-state index contributed by atoms with van der Waals surface area (Å²) in [6.45, 7) is 9.11. The van der Waals surface area contributed by atoms with E-state index in [9.17, 15) is 4.79 Å². The molecule has 19 heavy (non-hydrogen) atoms. The number of nitrogens with zero attached hydrogens (tertiary/aromatic N) is 1. The number of carbonyl (C=O) groups excluding carboxylic acids is 1. The van der Waals surface area contributed by atoms with Gasteiger partial charge in [0.2, 0.25) is 0 Å². The number of carbonyl (C=O) groups is 1. The molecule has 1 aromatic carbocycles. The van der Waals surface area contributed by atoms with Crippen LogP contribution in [0.4, 0.5) is 0 Å². The molecule has 0 spiro atoms. The Kier molecular flexibility index (Phi) is 4.59. The van der Waals surface area contributed by atoms with E-state index in [4.69, 9.17) is 4.74 Å². The lowest BCUT2D eigenvalue weighted by atomic mass is 10.1. The minimum Gasteiger partial charge on any atom is -0.457 e. The van der Waals surface area contributed by atoms with Gasteiger partial charge in [-0.15, -0.1) is 0 Å². The number of piperidine rings is 1. The smallest absolute Gasteiger partial charge is 0.338 e. The van der Waals surface area contributed by atoms with Gasteiger partial charge in [0, 0.05) is 6.54 Å². The number of benzene rings is 1. The van der Waals surface area contributed by atoms with Crippen molar-refractivity contribution in [2.45, 2.75) is 39.7 Å². The summed E-state index contributed by atoms with van der Waals surface area (Å²) in [5.41, 5.74) is 2.78. The molecule has 3 heteroatoms. The second kappa shape index (κ2) is 6.20. The van der Waals surface area contributed by atoms with Crippen molar-refractivity contribution in [1.82, 2.24) is 4.90 Å². The van der Waals surface area contributed by atoms with E-state index in [0.717, 1.165) is 43.6 Å². The molecule has 0 N–H and O–H groups in total. The van der Waals surface area contributed by atoms with E-state index in [-0.39, 0.29) is 12.1 Å². The van der Waals surface area contributed by atoms with Gasteiger partial charge in [0.1, 0.15) is 6.10 Å². The third-order valence-corrected chi connectivity index (χ3v) is 3.80. The molecular weight excluding hydrogens is 238 g/mol. The minimum atomic E-state index is -0.177. The monoisotopic (exact) mass is 261 g/mol. The maximum atomic E-state index is 12.2. The summed E-state index contributed by atoms with van der Waals surface area (Å²) in [7, 11) is 0. The normalized spacial score (nSPS) is 20.3. The molecule has 0 radical (unpaired) electrons. The zero-order valence-electron chi connectivity index (χ0n) is 12.1. The molecule has 1 aliphatic heterocycles. The molecule has 104 valence electrons. The molecule has 1 fully saturated rings. The van der Waals surface area contributed by atoms with Crippen molar-refractivity contribution >= 4 is 5.97 Å². The molecule has 1 aromatic rings. The number of ether oxygens (including phenoxy) is 1. The summed E-state index contributed by atoms with van der Waals surface area (Å²) < 4.78 is 5.66. The summed E-state index contributed by atoms with van der Waals surface area (Å²) in [5, 5.41) is 0. The van der Waals surface area contributed by atoms with E-state index < -0.39 is 0 Å². The Morgan fingerprint density at radius 3 is 2.95 bits per heavy atom. The fourth-order valence-corrected chi connectivity index (χ4v) is 2.57. The zero-order valence-corrected chi connectivity index (χ0v) is 12.1. The number of esters is 1. The highest BCUT2D eigenvalue weighted by Crippen LogP contribution is 2.17. The highest BCUT2D eigenvalue weighted by molar-refractivity contribution is 5.91. The Morgan fingerprint density at radius 1 is 1.42 bits per heavy atom. The van der Waals surface area contributed by atoms with E-state index in [1.807, 2.05) is 32.0 Å². The van der Waals surface area contributed by atoms with Crippen molar-refractivity contribution < 1.29 is 9.53 Å². The molecule has 1 saturated heterocycles. The van der Waals surface area contributed by atoms with Crippen LogP contribution in [0.2, 0.25) is 0 Å². The number of aryl methyl sites for hydroxylation is 2. The quantitative estimate of drug-likeness (QED) is 0.783. The molecule has 0 aromatic heterocycles. The summed E-state index contributed by atoms with van der Waals surface area (Å²) in [6, 6.07) is 5.91. The molecule has 0 bridgehead atoms. The summed E-state index contributed by atoms with van der Waals surface area (Å²) in [4.78, 5) is 14.6. The second-order valence-corrected chi connectivity index (χ2v) is 5.38. The van der Waals surface area contributed by atoms with E-state index in [1.54, 1.807) is 0 Å². The van der Waals surface area contributed by atoms with Gasteiger partial charge in [0.25, 0.3) is 0 Å². The van der Waals surface area contributed by atoms with Gasteiger partial charge in [-0.2, -0.15) is 0 Å². The van der Waals surface area contributed by atoms with Crippen LogP contribution < -0.4 is 0 Å². The van der Waals surface area contributed by atoms with Crippen molar-refractivity contribution in [3.8, 4) is 0 Å². The maximum Gasteiger partial charge on any atom is 0.338 e. The third kappa shape index (κ3) is 3.57. The van der Waals surface area contributed by atoms with Crippen LogP contribution in [0, 0.1) is 13.8 Å². The first-order valence-corrected chi connectivity index (χ1v) is 7.10. The molecule has 1 unspecified atom stereocenters. The van der Waals surface area contributed by atoms with Crippen LogP contribution in [0.25, 0.3) is 0 Å². The maximum absolute atomic E-state index is 12.2. The van der Waals surface area contributed by atoms with Gasteiger partial charge in [0.15, 0.2) is 0 Å². The van der Waals surface area contributed by atoms with Gasteiger partial charge < -0.3 is 4.74 Å². The van der Waals surface area contributed by atoms with Gasteiger partial charge in [-0.05, 0) is 51.4 Å². The lowest BCUT2D eigenvalue weighted by molar-refractivity contribution is 0.00766. The van der Waals surface area contributed by atoms with Crippen LogP contribution in [0.3, 0.4) is 0 Å². The van der Waals surface area contributed by atoms with Crippen molar-refractivity contribution in [2.75, 3.05) is 19.6 Å². The first kappa shape index (κ1) is 14.1. The van der Waals surface area contributed by atoms with Crippen LogP contribution in [-0.4, -0.2) is 36.6 Å². The zero-order chi connectivity index (χ0) is 13.8. The van der Waals surface area contributed by atoms with Gasteiger partial charge in [-0.1, -0.05) is 24.6 Å². The Hall–Kier alpha value is -1.35. The number of likely N-dealkylation sites (tertiary alicyclic amines) is 1. The highest BCUT2D eigenvalue weighted by Gasteiger charge is 2.23. The fraction of sp³-hybridized carbons (Fsp3) is 0.562. The Bertz CT molecular complexity index is 456. The van der Waals surface area contributed by atoms with Crippen LogP contribution in [-0.2, 0) is 4.74 Å². The number of hydrogen-bond donors (Lipinski definition) is 0. The van der Waals surface area contributed by atoms with E-state index >= 15 is 0 Å². The molecule has 3 nitrogen and oxygen atoms in total. The fourth-order valence-electron chi connectivity index (χ4n) is 2.57. The summed E-state index contributed by atoms with van der Waals surface area (Å²) in [6.07, 6.45) is 2.13. The molecule has 0 saturated carbocycles. The minimum absolute atomic E-state index is 0.0427. The Balaban J connectivity index is 2.02. The Labute approximate surface area is 115 Å².